The third kappa shape index (κ3) is 6.22. The van der Waals surface area contributed by atoms with Crippen LogP contribution in [0.5, 0.6) is 0 Å². The normalized spacial score (nSPS) is 13.2. The number of hydrogen-bond donors (Lipinski definition) is 1. The first kappa shape index (κ1) is 17.2. The quantitative estimate of drug-likeness (QED) is 0.602. The monoisotopic (exact) mass is 326 g/mol. The number of rotatable bonds is 7. The molecule has 1 N–H and O–H groups in total. The zero-order valence-electron chi connectivity index (χ0n) is 13.1. The summed E-state index contributed by atoms with van der Waals surface area (Å²) in [7, 11) is 0. The first-order chi connectivity index (χ1) is 11.2. The second kappa shape index (κ2) is 9.08. The van der Waals surface area contributed by atoms with Gasteiger partial charge in [-0.15, -0.1) is 0 Å². The number of aryl methyl sites for hydroxylation is 1. The van der Waals surface area contributed by atoms with Crippen molar-refractivity contribution in [1.82, 2.24) is 0 Å². The molecule has 23 heavy (non-hydrogen) atoms. The van der Waals surface area contributed by atoms with Crippen LogP contribution in [0, 0.1) is 0 Å². The van der Waals surface area contributed by atoms with Crippen LogP contribution in [0.15, 0.2) is 72.3 Å². The van der Waals surface area contributed by atoms with E-state index in [4.69, 9.17) is 0 Å². The summed E-state index contributed by atoms with van der Waals surface area (Å²) >= 11 is -2.27. The highest BCUT2D eigenvalue weighted by atomic mass is 32.2. The van der Waals surface area contributed by atoms with E-state index in [-0.39, 0.29) is 0 Å². The summed E-state index contributed by atoms with van der Waals surface area (Å²) in [6.07, 6.45) is 8.24. The number of anilines is 1. The van der Waals surface area contributed by atoms with Gasteiger partial charge in [0, 0.05) is 17.0 Å². The highest BCUT2D eigenvalue weighted by Crippen LogP contribution is 2.15. The Kier molecular flexibility index (Phi) is 6.78. The Hall–Kier alpha value is -2.17. The highest BCUT2D eigenvalue weighted by Gasteiger charge is 1.97. The number of hydrogen-bond acceptors (Lipinski definition) is 2. The van der Waals surface area contributed by atoms with Gasteiger partial charge in [-0.3, -0.25) is 4.21 Å². The minimum atomic E-state index is -2.27. The maximum Gasteiger partial charge on any atom is 0.0452 e. The molecule has 0 aliphatic heterocycles. The predicted molar refractivity (Wildman–Crippen MR) is 96.5 cm³/mol. The van der Waals surface area contributed by atoms with Crippen LogP contribution in [0.2, 0.25) is 0 Å². The summed E-state index contributed by atoms with van der Waals surface area (Å²) in [6.45, 7) is 2.04. The molecule has 0 saturated heterocycles. The average Bonchev–Trinajstić information content (AvgIpc) is 2.57. The lowest BCUT2D eigenvalue weighted by Gasteiger charge is -2.09. The lowest BCUT2D eigenvalue weighted by molar-refractivity contribution is 0.542. The minimum Gasteiger partial charge on any atom is -0.755 e. The minimum absolute atomic E-state index is 0.581. The van der Waals surface area contributed by atoms with Gasteiger partial charge in [-0.1, -0.05) is 66.3 Å². The van der Waals surface area contributed by atoms with Crippen molar-refractivity contribution >= 4 is 23.0 Å². The van der Waals surface area contributed by atoms with Crippen LogP contribution >= 0.6 is 0 Å². The number of benzene rings is 2. The molecule has 0 amide bonds. The first-order valence-electron chi connectivity index (χ1n) is 7.50. The van der Waals surface area contributed by atoms with Gasteiger partial charge in [0.1, 0.15) is 0 Å². The van der Waals surface area contributed by atoms with Crippen LogP contribution in [-0.2, 0) is 17.7 Å². The molecule has 0 radical (unpaired) electrons. The molecule has 4 heteroatoms. The molecule has 2 rings (SSSR count). The van der Waals surface area contributed by atoms with Gasteiger partial charge in [0.25, 0.3) is 0 Å². The van der Waals surface area contributed by atoms with E-state index in [0.717, 1.165) is 12.8 Å². The Bertz CT molecular complexity index is 691. The molecule has 0 spiro atoms. The van der Waals surface area contributed by atoms with Crippen molar-refractivity contribution in [3.8, 4) is 0 Å². The van der Waals surface area contributed by atoms with Crippen molar-refractivity contribution in [3.63, 3.8) is 0 Å². The fourth-order valence-electron chi connectivity index (χ4n) is 2.22. The Morgan fingerprint density at radius 2 is 1.83 bits per heavy atom. The fourth-order valence-corrected chi connectivity index (χ4v) is 2.54. The summed E-state index contributed by atoms with van der Waals surface area (Å²) in [4.78, 5) is 0. The van der Waals surface area contributed by atoms with Gasteiger partial charge >= 0.3 is 0 Å². The molecule has 1 atom stereocenters. The largest absolute Gasteiger partial charge is 0.755 e. The van der Waals surface area contributed by atoms with Crippen LogP contribution in [0.4, 0.5) is 5.69 Å². The summed E-state index contributed by atoms with van der Waals surface area (Å²) in [5.74, 6) is 0. The zero-order valence-corrected chi connectivity index (χ0v) is 13.9. The van der Waals surface area contributed by atoms with Crippen molar-refractivity contribution in [2.45, 2.75) is 19.8 Å². The van der Waals surface area contributed by atoms with Gasteiger partial charge in [0.05, 0.1) is 0 Å². The van der Waals surface area contributed by atoms with Gasteiger partial charge < -0.3 is 9.27 Å². The second-order valence-corrected chi connectivity index (χ2v) is 5.81. The first-order valence-corrected chi connectivity index (χ1v) is 8.58. The second-order valence-electron chi connectivity index (χ2n) is 5.14. The summed E-state index contributed by atoms with van der Waals surface area (Å²) in [6, 6.07) is 17.7. The van der Waals surface area contributed by atoms with Crippen molar-refractivity contribution < 1.29 is 8.76 Å². The molecule has 0 aliphatic carbocycles. The molecular formula is C19H20NO2S-. The Balaban J connectivity index is 1.90. The predicted octanol–water partition coefficient (Wildman–Crippen LogP) is 4.48. The van der Waals surface area contributed by atoms with Gasteiger partial charge in [-0.25, -0.2) is 0 Å². The van der Waals surface area contributed by atoms with Crippen molar-refractivity contribution in [1.29, 1.82) is 0 Å². The smallest absolute Gasteiger partial charge is 0.0452 e. The SMILES string of the molecule is CC=C(C=Cc1ccccc1)CCc1ccc(NS(=O)[O-])cc1. The van der Waals surface area contributed by atoms with E-state index in [9.17, 15) is 8.76 Å². The van der Waals surface area contributed by atoms with E-state index in [0.29, 0.717) is 5.69 Å². The Morgan fingerprint density at radius 1 is 1.13 bits per heavy atom. The van der Waals surface area contributed by atoms with E-state index in [1.54, 1.807) is 12.1 Å². The molecule has 0 aliphatic rings. The molecule has 1 unspecified atom stereocenters. The lowest BCUT2D eigenvalue weighted by atomic mass is 10.0. The van der Waals surface area contributed by atoms with E-state index >= 15 is 0 Å². The third-order valence-electron chi connectivity index (χ3n) is 3.52. The van der Waals surface area contributed by atoms with Crippen molar-refractivity contribution in [2.24, 2.45) is 0 Å². The molecule has 120 valence electrons. The van der Waals surface area contributed by atoms with Gasteiger partial charge in [0.15, 0.2) is 0 Å². The third-order valence-corrected chi connectivity index (χ3v) is 3.92. The Morgan fingerprint density at radius 3 is 2.43 bits per heavy atom. The highest BCUT2D eigenvalue weighted by molar-refractivity contribution is 7.80. The van der Waals surface area contributed by atoms with Crippen LogP contribution in [-0.4, -0.2) is 8.76 Å². The van der Waals surface area contributed by atoms with Crippen LogP contribution in [0.1, 0.15) is 24.5 Å². The molecule has 0 saturated carbocycles. The van der Waals surface area contributed by atoms with Crippen molar-refractivity contribution in [2.75, 3.05) is 4.72 Å². The average molecular weight is 326 g/mol. The topological polar surface area (TPSA) is 52.2 Å². The lowest BCUT2D eigenvalue weighted by Crippen LogP contribution is -2.01. The summed E-state index contributed by atoms with van der Waals surface area (Å²) < 4.78 is 23.5. The van der Waals surface area contributed by atoms with Gasteiger partial charge in [0.2, 0.25) is 0 Å². The standard InChI is InChI=1S/C19H21NO2S/c1-2-16(8-10-17-6-4-3-5-7-17)9-11-18-12-14-19(15-13-18)20-23(21)22/h2-8,10,12-15,20H,9,11H2,1H3,(H,21,22)/p-1. The van der Waals surface area contributed by atoms with Gasteiger partial charge in [-0.05, 0) is 43.0 Å². The van der Waals surface area contributed by atoms with E-state index < -0.39 is 11.3 Å². The molecular weight excluding hydrogens is 306 g/mol. The molecule has 0 heterocycles. The maximum atomic E-state index is 10.6. The summed E-state index contributed by atoms with van der Waals surface area (Å²) in [5.41, 5.74) is 4.22. The van der Waals surface area contributed by atoms with E-state index in [1.165, 1.54) is 16.7 Å². The Labute approximate surface area is 140 Å². The molecule has 0 aromatic heterocycles. The molecule has 2 aromatic carbocycles. The van der Waals surface area contributed by atoms with E-state index in [1.807, 2.05) is 37.3 Å². The number of nitrogens with one attached hydrogen (secondary N) is 1. The molecule has 0 fully saturated rings. The fraction of sp³-hybridized carbons (Fsp3) is 0.158. The molecule has 2 aromatic rings. The van der Waals surface area contributed by atoms with E-state index in [2.05, 4.69) is 35.1 Å². The zero-order chi connectivity index (χ0) is 16.5. The maximum absolute atomic E-state index is 10.6. The van der Waals surface area contributed by atoms with Crippen LogP contribution < -0.4 is 4.72 Å². The number of allylic oxidation sites excluding steroid dienone is 3. The molecule has 3 nitrogen and oxygen atoms in total. The molecule has 0 bridgehead atoms. The van der Waals surface area contributed by atoms with Crippen LogP contribution in [0.3, 0.4) is 0 Å². The van der Waals surface area contributed by atoms with Crippen molar-refractivity contribution in [3.05, 3.63) is 83.4 Å². The van der Waals surface area contributed by atoms with Gasteiger partial charge in [-0.2, -0.15) is 0 Å². The van der Waals surface area contributed by atoms with Crippen LogP contribution in [0.25, 0.3) is 6.08 Å². The summed E-state index contributed by atoms with van der Waals surface area (Å²) in [5, 5.41) is 0.